The van der Waals surface area contributed by atoms with Crippen LogP contribution in [-0.2, 0) is 6.42 Å². The Bertz CT molecular complexity index is 1150. The van der Waals surface area contributed by atoms with Crippen LogP contribution in [-0.4, -0.2) is 0 Å². The maximum Gasteiger partial charge on any atom is 0.0329 e. The molecule has 22 heavy (non-hydrogen) atoms. The number of hydrogen-bond acceptors (Lipinski definition) is 0. The van der Waals surface area contributed by atoms with Crippen LogP contribution in [0.25, 0.3) is 12.2 Å². The smallest absolute Gasteiger partial charge is 0.0329 e. The van der Waals surface area contributed by atoms with Gasteiger partial charge in [-0.1, -0.05) is 48.5 Å². The first-order valence-corrected chi connectivity index (χ1v) is 8.33. The van der Waals surface area contributed by atoms with Crippen molar-refractivity contribution in [1.82, 2.24) is 0 Å². The fourth-order valence-corrected chi connectivity index (χ4v) is 4.32. The van der Waals surface area contributed by atoms with Gasteiger partial charge in [0.2, 0.25) is 0 Å². The second-order valence-electron chi connectivity index (χ2n) is 5.98. The lowest BCUT2D eigenvalue weighted by Gasteiger charge is -2.15. The van der Waals surface area contributed by atoms with Crippen LogP contribution in [0.4, 0.5) is 0 Å². The van der Waals surface area contributed by atoms with Gasteiger partial charge in [0, 0.05) is 4.47 Å². The van der Waals surface area contributed by atoms with Gasteiger partial charge in [-0.05, 0) is 83.7 Å². The molecule has 3 aromatic rings. The highest BCUT2D eigenvalue weighted by Crippen LogP contribution is 2.25. The highest BCUT2D eigenvalue weighted by Gasteiger charge is 2.15. The van der Waals surface area contributed by atoms with Gasteiger partial charge in [-0.25, -0.2) is 0 Å². The summed E-state index contributed by atoms with van der Waals surface area (Å²) >= 11 is 3.87. The van der Waals surface area contributed by atoms with Crippen LogP contribution in [0.1, 0.15) is 22.3 Å². The van der Waals surface area contributed by atoms with E-state index in [2.05, 4.69) is 82.7 Å². The first-order valence-electron chi connectivity index (χ1n) is 7.53. The molecule has 0 spiro atoms. The Balaban J connectivity index is 1.95. The maximum absolute atomic E-state index is 3.87. The molecule has 2 aliphatic carbocycles. The van der Waals surface area contributed by atoms with Crippen molar-refractivity contribution in [3.8, 4) is 0 Å². The van der Waals surface area contributed by atoms with E-state index in [9.17, 15) is 0 Å². The number of hydrogen-bond donors (Lipinski definition) is 0. The molecule has 0 bridgehead atoms. The molecule has 0 fully saturated rings. The fourth-order valence-electron chi connectivity index (χ4n) is 3.62. The predicted molar refractivity (Wildman–Crippen MR) is 93.9 cm³/mol. The summed E-state index contributed by atoms with van der Waals surface area (Å²) in [6.45, 7) is 0. The van der Waals surface area contributed by atoms with Crippen LogP contribution in [0.5, 0.6) is 0 Å². The van der Waals surface area contributed by atoms with E-state index in [1.54, 1.807) is 0 Å². The van der Waals surface area contributed by atoms with Gasteiger partial charge in [0.25, 0.3) is 0 Å². The zero-order valence-corrected chi connectivity index (χ0v) is 13.5. The molecule has 5 rings (SSSR count). The number of benzene rings is 3. The number of fused-ring (bicyclic) bond motifs is 4. The zero-order valence-electron chi connectivity index (χ0n) is 11.9. The molecule has 2 aliphatic rings. The molecule has 0 amide bonds. The molecule has 0 heterocycles. The molecule has 0 unspecified atom stereocenters. The van der Waals surface area contributed by atoms with Gasteiger partial charge in [0.1, 0.15) is 0 Å². The van der Waals surface area contributed by atoms with Crippen LogP contribution >= 0.6 is 15.9 Å². The standard InChI is InChI=1S/C21H13Br/c22-21-18-10-14-6-2-1-5-13(14)9-16(18)12-19-17-8-4-3-7-15(17)11-20(19)21/h1-8,10-12H,9H2. The van der Waals surface area contributed by atoms with Crippen molar-refractivity contribution in [2.45, 2.75) is 6.42 Å². The summed E-state index contributed by atoms with van der Waals surface area (Å²) in [7, 11) is 0. The van der Waals surface area contributed by atoms with Crippen molar-refractivity contribution in [2.75, 3.05) is 0 Å². The largest absolute Gasteiger partial charge is 0.0619 e. The summed E-state index contributed by atoms with van der Waals surface area (Å²) < 4.78 is 1.23. The Morgan fingerprint density at radius 3 is 2.55 bits per heavy atom. The summed E-state index contributed by atoms with van der Waals surface area (Å²) in [5.41, 5.74) is 5.48. The third-order valence-corrected chi connectivity index (χ3v) is 5.57. The van der Waals surface area contributed by atoms with Crippen molar-refractivity contribution < 1.29 is 0 Å². The van der Waals surface area contributed by atoms with Crippen molar-refractivity contribution in [3.63, 3.8) is 0 Å². The molecule has 0 saturated heterocycles. The summed E-state index contributed by atoms with van der Waals surface area (Å²) in [6.07, 6.45) is 5.62. The molecule has 104 valence electrons. The molecule has 0 nitrogen and oxygen atoms in total. The highest BCUT2D eigenvalue weighted by atomic mass is 79.9. The van der Waals surface area contributed by atoms with Gasteiger partial charge in [-0.2, -0.15) is 0 Å². The molecule has 0 N–H and O–H groups in total. The molecular weight excluding hydrogens is 332 g/mol. The van der Waals surface area contributed by atoms with E-state index in [1.807, 2.05) is 0 Å². The van der Waals surface area contributed by atoms with Crippen molar-refractivity contribution >= 4 is 28.1 Å². The van der Waals surface area contributed by atoms with E-state index in [0.29, 0.717) is 0 Å². The van der Waals surface area contributed by atoms with E-state index >= 15 is 0 Å². The monoisotopic (exact) mass is 344 g/mol. The van der Waals surface area contributed by atoms with Gasteiger partial charge in [-0.3, -0.25) is 0 Å². The lowest BCUT2D eigenvalue weighted by Crippen LogP contribution is -2.18. The van der Waals surface area contributed by atoms with E-state index in [1.165, 1.54) is 47.6 Å². The SMILES string of the molecule is Brc1c2c(cc3c1=Cc1ccccc1C3)=c1ccccc1=C2. The molecule has 0 radical (unpaired) electrons. The van der Waals surface area contributed by atoms with Gasteiger partial charge < -0.3 is 0 Å². The normalized spacial score (nSPS) is 13.3. The molecule has 0 aromatic heterocycles. The first-order chi connectivity index (χ1) is 10.8. The molecule has 3 aromatic carbocycles. The third-order valence-electron chi connectivity index (χ3n) is 4.71. The van der Waals surface area contributed by atoms with E-state index < -0.39 is 0 Å². The Labute approximate surface area is 136 Å². The van der Waals surface area contributed by atoms with Gasteiger partial charge in [0.15, 0.2) is 0 Å². The van der Waals surface area contributed by atoms with Gasteiger partial charge >= 0.3 is 0 Å². The second-order valence-corrected chi connectivity index (χ2v) is 6.77. The quantitative estimate of drug-likeness (QED) is 0.402. The van der Waals surface area contributed by atoms with Crippen LogP contribution < -0.4 is 10.4 Å². The Hall–Kier alpha value is -2.12. The summed E-state index contributed by atoms with van der Waals surface area (Å²) in [6, 6.07) is 19.7. The van der Waals surface area contributed by atoms with E-state index in [0.717, 1.165) is 6.42 Å². The van der Waals surface area contributed by atoms with Gasteiger partial charge in [0.05, 0.1) is 0 Å². The minimum absolute atomic E-state index is 1.01. The molecule has 0 saturated carbocycles. The minimum atomic E-state index is 1.01. The summed E-state index contributed by atoms with van der Waals surface area (Å²) in [5, 5.41) is 5.36. The summed E-state index contributed by atoms with van der Waals surface area (Å²) in [5.74, 6) is 0. The lowest BCUT2D eigenvalue weighted by molar-refractivity contribution is 1.13. The van der Waals surface area contributed by atoms with Crippen molar-refractivity contribution in [2.24, 2.45) is 0 Å². The Morgan fingerprint density at radius 1 is 0.773 bits per heavy atom. The topological polar surface area (TPSA) is 0 Å². The van der Waals surface area contributed by atoms with Crippen LogP contribution in [0, 0.1) is 10.4 Å². The molecular formula is C21H13Br. The first kappa shape index (κ1) is 12.4. The molecule has 1 heteroatoms. The molecule has 0 atom stereocenters. The van der Waals surface area contributed by atoms with Crippen molar-refractivity contribution in [1.29, 1.82) is 0 Å². The van der Waals surface area contributed by atoms with Crippen LogP contribution in [0.3, 0.4) is 0 Å². The fraction of sp³-hybridized carbons (Fsp3) is 0.0476. The Morgan fingerprint density at radius 2 is 1.59 bits per heavy atom. The van der Waals surface area contributed by atoms with Crippen molar-refractivity contribution in [3.05, 3.63) is 102 Å². The maximum atomic E-state index is 3.87. The third kappa shape index (κ3) is 1.63. The average Bonchev–Trinajstić information content (AvgIpc) is 2.93. The number of rotatable bonds is 0. The van der Waals surface area contributed by atoms with Crippen LogP contribution in [0.15, 0.2) is 59.1 Å². The van der Waals surface area contributed by atoms with Gasteiger partial charge in [-0.15, -0.1) is 0 Å². The van der Waals surface area contributed by atoms with Crippen LogP contribution in [0.2, 0.25) is 0 Å². The summed E-state index contributed by atoms with van der Waals surface area (Å²) in [4.78, 5) is 0. The molecule has 0 aliphatic heterocycles. The lowest BCUT2D eigenvalue weighted by atomic mass is 9.91. The van der Waals surface area contributed by atoms with E-state index in [4.69, 9.17) is 0 Å². The second kappa shape index (κ2) is 4.44. The zero-order chi connectivity index (χ0) is 14.7. The predicted octanol–water partition coefficient (Wildman–Crippen LogP) is 3.61. The number of halogens is 1. The average molecular weight is 345 g/mol. The highest BCUT2D eigenvalue weighted by molar-refractivity contribution is 9.10. The minimum Gasteiger partial charge on any atom is -0.0619 e. The Kier molecular flexibility index (Phi) is 2.51. The van der Waals surface area contributed by atoms with E-state index in [-0.39, 0.29) is 0 Å².